The monoisotopic (exact) mass is 499 g/mol. The van der Waals surface area contributed by atoms with Crippen LogP contribution in [0.25, 0.3) is 28.7 Å². The second kappa shape index (κ2) is 11.2. The van der Waals surface area contributed by atoms with Crippen LogP contribution in [0.4, 0.5) is 0 Å². The summed E-state index contributed by atoms with van der Waals surface area (Å²) in [5, 5.41) is 12.3. The Morgan fingerprint density at radius 3 is 2.49 bits per heavy atom. The van der Waals surface area contributed by atoms with Crippen molar-refractivity contribution in [3.8, 4) is 17.2 Å². The maximum absolute atomic E-state index is 13.4. The van der Waals surface area contributed by atoms with Crippen molar-refractivity contribution in [2.75, 3.05) is 20.3 Å². The Bertz CT molecular complexity index is 1540. The van der Waals surface area contributed by atoms with E-state index in [-0.39, 0.29) is 23.6 Å². The summed E-state index contributed by atoms with van der Waals surface area (Å²) in [6.45, 7) is 2.21. The minimum Gasteiger partial charge on any atom is -0.493 e. The minimum atomic E-state index is -1.05. The number of fused-ring (bicyclic) bond motifs is 1. The quantitative estimate of drug-likeness (QED) is 0.360. The molecule has 0 unspecified atom stereocenters. The summed E-state index contributed by atoms with van der Waals surface area (Å²) in [4.78, 5) is 41.1. The lowest BCUT2D eigenvalue weighted by molar-refractivity contribution is -0.123. The number of carboxylic acid groups (broad SMARTS) is 1. The number of methoxy groups -OCH3 is 1. The first-order valence-corrected chi connectivity index (χ1v) is 11.5. The summed E-state index contributed by atoms with van der Waals surface area (Å²) in [5.74, 6) is -0.0553. The summed E-state index contributed by atoms with van der Waals surface area (Å²) in [6, 6.07) is 18.3. The number of carboxylic acids is 1. The molecule has 2 N–H and O–H groups in total. The van der Waals surface area contributed by atoms with Crippen molar-refractivity contribution in [2.24, 2.45) is 0 Å². The molecule has 37 heavy (non-hydrogen) atoms. The van der Waals surface area contributed by atoms with Gasteiger partial charge in [0.05, 0.1) is 29.3 Å². The van der Waals surface area contributed by atoms with Gasteiger partial charge in [-0.2, -0.15) is 0 Å². The Labute approximate surface area is 212 Å². The van der Waals surface area contributed by atoms with Gasteiger partial charge in [0, 0.05) is 6.54 Å². The molecule has 0 aliphatic carbocycles. The maximum atomic E-state index is 13.4. The third-order valence-electron chi connectivity index (χ3n) is 5.52. The normalized spacial score (nSPS) is 11.0. The zero-order valence-corrected chi connectivity index (χ0v) is 20.3. The number of carbonyl (C=O) groups excluding carboxylic acids is 1. The Morgan fingerprint density at radius 1 is 1.03 bits per heavy atom. The van der Waals surface area contributed by atoms with Crippen LogP contribution in [0.15, 0.2) is 71.5 Å². The van der Waals surface area contributed by atoms with Crippen LogP contribution in [0.1, 0.15) is 28.7 Å². The number of hydrogen-bond acceptors (Lipinski definition) is 6. The maximum Gasteiger partial charge on any atom is 0.335 e. The number of nitrogens with one attached hydrogen (secondary N) is 1. The molecule has 0 fully saturated rings. The molecule has 4 rings (SSSR count). The molecule has 0 saturated heterocycles. The van der Waals surface area contributed by atoms with E-state index in [4.69, 9.17) is 9.47 Å². The van der Waals surface area contributed by atoms with E-state index in [0.29, 0.717) is 40.5 Å². The highest BCUT2D eigenvalue weighted by Crippen LogP contribution is 2.29. The molecule has 4 aromatic rings. The van der Waals surface area contributed by atoms with Crippen molar-refractivity contribution < 1.29 is 24.2 Å². The van der Waals surface area contributed by atoms with E-state index < -0.39 is 5.97 Å². The summed E-state index contributed by atoms with van der Waals surface area (Å²) >= 11 is 0. The highest BCUT2D eigenvalue weighted by atomic mass is 16.5. The molecule has 1 heterocycles. The van der Waals surface area contributed by atoms with Gasteiger partial charge in [-0.3, -0.25) is 14.2 Å². The Morgan fingerprint density at radius 2 is 1.78 bits per heavy atom. The highest BCUT2D eigenvalue weighted by Gasteiger charge is 2.13. The number of benzene rings is 3. The van der Waals surface area contributed by atoms with Gasteiger partial charge >= 0.3 is 5.97 Å². The molecule has 0 bridgehead atoms. The summed E-state index contributed by atoms with van der Waals surface area (Å²) in [7, 11) is 1.51. The second-order valence-corrected chi connectivity index (χ2v) is 7.97. The van der Waals surface area contributed by atoms with E-state index in [1.54, 1.807) is 66.7 Å². The van der Waals surface area contributed by atoms with Crippen molar-refractivity contribution in [2.45, 2.75) is 6.92 Å². The average molecular weight is 500 g/mol. The van der Waals surface area contributed by atoms with Crippen LogP contribution in [-0.2, 0) is 4.79 Å². The fourth-order valence-corrected chi connectivity index (χ4v) is 3.73. The SMILES string of the molecule is CCNC(=O)COc1ccc(/C=C/c2nc3ccccc3c(=O)n2-c2ccc(C(=O)O)cc2)cc1OC. The third kappa shape index (κ3) is 5.67. The van der Waals surface area contributed by atoms with E-state index in [1.807, 2.05) is 6.92 Å². The van der Waals surface area contributed by atoms with Crippen LogP contribution in [0.3, 0.4) is 0 Å². The standard InChI is InChI=1S/C28H25N3O6/c1-3-29-26(32)17-37-23-14-8-18(16-24(23)36-2)9-15-25-30-22-7-5-4-6-21(22)27(33)31(25)20-12-10-19(11-13-20)28(34)35/h4-16H,3,17H2,1-2H3,(H,29,32)(H,34,35)/b15-9+. The predicted molar refractivity (Wildman–Crippen MR) is 140 cm³/mol. The van der Waals surface area contributed by atoms with E-state index >= 15 is 0 Å². The summed E-state index contributed by atoms with van der Waals surface area (Å²) in [5.41, 5.74) is 1.61. The first-order valence-electron chi connectivity index (χ1n) is 11.5. The Balaban J connectivity index is 1.72. The van der Waals surface area contributed by atoms with Crippen LogP contribution in [0.5, 0.6) is 11.5 Å². The number of carbonyl (C=O) groups is 2. The molecule has 188 valence electrons. The number of nitrogens with zero attached hydrogens (tertiary/aromatic N) is 2. The van der Waals surface area contributed by atoms with Gasteiger partial charge in [-0.25, -0.2) is 9.78 Å². The van der Waals surface area contributed by atoms with Crippen molar-refractivity contribution in [1.82, 2.24) is 14.9 Å². The number of ether oxygens (including phenoxy) is 2. The molecule has 0 aliphatic heterocycles. The smallest absolute Gasteiger partial charge is 0.335 e. The van der Waals surface area contributed by atoms with Crippen LogP contribution < -0.4 is 20.3 Å². The molecule has 1 amide bonds. The zero-order chi connectivity index (χ0) is 26.4. The molecule has 0 saturated carbocycles. The number of rotatable bonds is 9. The van der Waals surface area contributed by atoms with Crippen molar-refractivity contribution in [3.05, 3.63) is 94.0 Å². The van der Waals surface area contributed by atoms with Crippen molar-refractivity contribution in [1.29, 1.82) is 0 Å². The number of para-hydroxylation sites is 1. The van der Waals surface area contributed by atoms with Crippen LogP contribution >= 0.6 is 0 Å². The highest BCUT2D eigenvalue weighted by molar-refractivity contribution is 5.88. The number of aromatic nitrogens is 2. The topological polar surface area (TPSA) is 120 Å². The molecule has 0 radical (unpaired) electrons. The molecule has 9 heteroatoms. The van der Waals surface area contributed by atoms with Crippen molar-refractivity contribution >= 4 is 34.9 Å². The second-order valence-electron chi connectivity index (χ2n) is 7.97. The molecule has 1 aromatic heterocycles. The van der Waals surface area contributed by atoms with Gasteiger partial charge in [0.2, 0.25) is 0 Å². The van der Waals surface area contributed by atoms with Gasteiger partial charge < -0.3 is 19.9 Å². The number of likely N-dealkylation sites (N-methyl/N-ethyl adjacent to an activating group) is 1. The Hall–Kier alpha value is -4.92. The van der Waals surface area contributed by atoms with E-state index in [1.165, 1.54) is 23.8 Å². The zero-order valence-electron chi connectivity index (χ0n) is 20.3. The summed E-state index contributed by atoms with van der Waals surface area (Å²) in [6.07, 6.45) is 3.47. The van der Waals surface area contributed by atoms with Gasteiger partial charge in [0.25, 0.3) is 11.5 Å². The average Bonchev–Trinajstić information content (AvgIpc) is 2.91. The van der Waals surface area contributed by atoms with Gasteiger partial charge in [0.15, 0.2) is 18.1 Å². The van der Waals surface area contributed by atoms with Gasteiger partial charge in [-0.1, -0.05) is 24.3 Å². The lowest BCUT2D eigenvalue weighted by Crippen LogP contribution is -2.28. The fourth-order valence-electron chi connectivity index (χ4n) is 3.73. The van der Waals surface area contributed by atoms with Crippen LogP contribution in [0.2, 0.25) is 0 Å². The first kappa shape index (κ1) is 25.2. The molecule has 0 spiro atoms. The van der Waals surface area contributed by atoms with Crippen molar-refractivity contribution in [3.63, 3.8) is 0 Å². The number of amides is 1. The molecule has 3 aromatic carbocycles. The molecular formula is C28H25N3O6. The lowest BCUT2D eigenvalue weighted by atomic mass is 10.1. The van der Waals surface area contributed by atoms with Gasteiger partial charge in [-0.05, 0) is 67.1 Å². The van der Waals surface area contributed by atoms with Crippen LogP contribution in [-0.4, -0.2) is 46.8 Å². The third-order valence-corrected chi connectivity index (χ3v) is 5.52. The molecule has 0 aliphatic rings. The van der Waals surface area contributed by atoms with Gasteiger partial charge in [-0.15, -0.1) is 0 Å². The molecular weight excluding hydrogens is 474 g/mol. The number of aromatic carboxylic acids is 1. The Kier molecular flexibility index (Phi) is 7.63. The van der Waals surface area contributed by atoms with E-state index in [0.717, 1.165) is 5.56 Å². The van der Waals surface area contributed by atoms with E-state index in [2.05, 4.69) is 10.3 Å². The largest absolute Gasteiger partial charge is 0.493 e. The van der Waals surface area contributed by atoms with Gasteiger partial charge in [0.1, 0.15) is 5.82 Å². The van der Waals surface area contributed by atoms with Crippen LogP contribution in [0, 0.1) is 0 Å². The lowest BCUT2D eigenvalue weighted by Gasteiger charge is -2.12. The fraction of sp³-hybridized carbons (Fsp3) is 0.143. The first-order chi connectivity index (χ1) is 17.9. The predicted octanol–water partition coefficient (Wildman–Crippen LogP) is 3.78. The summed E-state index contributed by atoms with van der Waals surface area (Å²) < 4.78 is 12.4. The molecule has 0 atom stereocenters. The number of hydrogen-bond donors (Lipinski definition) is 2. The molecule has 9 nitrogen and oxygen atoms in total. The van der Waals surface area contributed by atoms with E-state index in [9.17, 15) is 19.5 Å². The minimum absolute atomic E-state index is 0.115.